The first-order valence-electron chi connectivity index (χ1n) is 6.18. The predicted molar refractivity (Wildman–Crippen MR) is 84.0 cm³/mol. The first-order valence-corrected chi connectivity index (χ1v) is 7.26. The highest BCUT2D eigenvalue weighted by Gasteiger charge is 2.15. The van der Waals surface area contributed by atoms with E-state index in [0.717, 1.165) is 9.26 Å². The van der Waals surface area contributed by atoms with Gasteiger partial charge in [-0.3, -0.25) is 9.78 Å². The number of amides is 1. The molecule has 2 aromatic rings. The molecule has 0 saturated heterocycles. The fourth-order valence-electron chi connectivity index (χ4n) is 1.80. The smallest absolute Gasteiger partial charge is 0.254 e. The van der Waals surface area contributed by atoms with Crippen LogP contribution < -0.4 is 0 Å². The van der Waals surface area contributed by atoms with Crippen LogP contribution in [-0.2, 0) is 6.42 Å². The summed E-state index contributed by atoms with van der Waals surface area (Å²) in [7, 11) is 1.71. The van der Waals surface area contributed by atoms with Gasteiger partial charge in [-0.05, 0) is 52.9 Å². The SMILES string of the molecule is CN(CCc1ccccn1)C(=O)c1cc(F)ccc1I. The number of benzene rings is 1. The molecule has 0 aliphatic heterocycles. The molecule has 0 atom stereocenters. The molecular formula is C15H14FIN2O. The van der Waals surface area contributed by atoms with Crippen LogP contribution in [0.4, 0.5) is 4.39 Å². The third kappa shape index (κ3) is 3.75. The molecule has 0 unspecified atom stereocenters. The van der Waals surface area contributed by atoms with Gasteiger partial charge in [0.2, 0.25) is 0 Å². The number of carbonyl (C=O) groups excluding carboxylic acids is 1. The van der Waals surface area contributed by atoms with Crippen molar-refractivity contribution >= 4 is 28.5 Å². The van der Waals surface area contributed by atoms with E-state index >= 15 is 0 Å². The first-order chi connectivity index (χ1) is 9.58. The van der Waals surface area contributed by atoms with E-state index in [4.69, 9.17) is 0 Å². The fourth-order valence-corrected chi connectivity index (χ4v) is 2.36. The van der Waals surface area contributed by atoms with Crippen molar-refractivity contribution in [2.24, 2.45) is 0 Å². The molecule has 0 radical (unpaired) electrons. The van der Waals surface area contributed by atoms with E-state index in [1.807, 2.05) is 40.8 Å². The van der Waals surface area contributed by atoms with E-state index in [0.29, 0.717) is 18.5 Å². The highest BCUT2D eigenvalue weighted by molar-refractivity contribution is 14.1. The molecular weight excluding hydrogens is 370 g/mol. The number of hydrogen-bond donors (Lipinski definition) is 0. The number of likely N-dealkylation sites (N-methyl/N-ethyl adjacent to an activating group) is 1. The highest BCUT2D eigenvalue weighted by atomic mass is 127. The average Bonchev–Trinajstić information content (AvgIpc) is 2.47. The van der Waals surface area contributed by atoms with E-state index in [9.17, 15) is 9.18 Å². The van der Waals surface area contributed by atoms with Crippen LogP contribution in [0.25, 0.3) is 0 Å². The lowest BCUT2D eigenvalue weighted by atomic mass is 10.2. The molecule has 2 rings (SSSR count). The Hall–Kier alpha value is -1.50. The van der Waals surface area contributed by atoms with Gasteiger partial charge in [-0.1, -0.05) is 6.07 Å². The molecule has 0 aliphatic rings. The third-order valence-corrected chi connectivity index (χ3v) is 3.88. The maximum Gasteiger partial charge on any atom is 0.254 e. The fraction of sp³-hybridized carbons (Fsp3) is 0.200. The number of carbonyl (C=O) groups is 1. The molecule has 0 spiro atoms. The number of hydrogen-bond acceptors (Lipinski definition) is 2. The van der Waals surface area contributed by atoms with E-state index in [1.165, 1.54) is 12.1 Å². The molecule has 3 nitrogen and oxygen atoms in total. The quantitative estimate of drug-likeness (QED) is 0.759. The lowest BCUT2D eigenvalue weighted by Crippen LogP contribution is -2.29. The van der Waals surface area contributed by atoms with Crippen LogP contribution in [0, 0.1) is 9.39 Å². The van der Waals surface area contributed by atoms with Crippen LogP contribution in [0.3, 0.4) is 0 Å². The lowest BCUT2D eigenvalue weighted by molar-refractivity contribution is 0.0795. The maximum atomic E-state index is 13.2. The predicted octanol–water partition coefficient (Wildman–Crippen LogP) is 3.14. The summed E-state index contributed by atoms with van der Waals surface area (Å²) in [6.45, 7) is 0.544. The van der Waals surface area contributed by atoms with Gasteiger partial charge in [0.25, 0.3) is 5.91 Å². The highest BCUT2D eigenvalue weighted by Crippen LogP contribution is 2.15. The van der Waals surface area contributed by atoms with Gasteiger partial charge in [-0.2, -0.15) is 0 Å². The summed E-state index contributed by atoms with van der Waals surface area (Å²) in [5.41, 5.74) is 1.33. The normalized spacial score (nSPS) is 10.3. The molecule has 1 heterocycles. The number of pyridine rings is 1. The standard InChI is InChI=1S/C15H14FIN2O/c1-19(9-7-12-4-2-3-8-18-12)15(20)13-10-11(16)5-6-14(13)17/h2-6,8,10H,7,9H2,1H3. The van der Waals surface area contributed by atoms with Crippen molar-refractivity contribution in [3.8, 4) is 0 Å². The Morgan fingerprint density at radius 2 is 2.15 bits per heavy atom. The minimum absolute atomic E-state index is 0.176. The first kappa shape index (κ1) is 14.9. The van der Waals surface area contributed by atoms with E-state index in [2.05, 4.69) is 4.98 Å². The molecule has 1 amide bonds. The van der Waals surface area contributed by atoms with Gasteiger partial charge in [-0.15, -0.1) is 0 Å². The van der Waals surface area contributed by atoms with Crippen molar-refractivity contribution in [3.05, 3.63) is 63.2 Å². The van der Waals surface area contributed by atoms with E-state index in [-0.39, 0.29) is 5.91 Å². The van der Waals surface area contributed by atoms with Crippen molar-refractivity contribution in [3.63, 3.8) is 0 Å². The Bertz CT molecular complexity index is 604. The van der Waals surface area contributed by atoms with E-state index < -0.39 is 5.82 Å². The second kappa shape index (κ2) is 6.78. The Labute approximate surface area is 131 Å². The Morgan fingerprint density at radius 3 is 2.85 bits per heavy atom. The van der Waals surface area contributed by atoms with Gasteiger partial charge in [-0.25, -0.2) is 4.39 Å². The van der Waals surface area contributed by atoms with Crippen LogP contribution in [-0.4, -0.2) is 29.4 Å². The van der Waals surface area contributed by atoms with Crippen molar-refractivity contribution in [1.82, 2.24) is 9.88 Å². The van der Waals surface area contributed by atoms with Gasteiger partial charge in [0.1, 0.15) is 5.82 Å². The molecule has 0 fully saturated rings. The van der Waals surface area contributed by atoms with Gasteiger partial charge in [0, 0.05) is 35.5 Å². The number of aromatic nitrogens is 1. The monoisotopic (exact) mass is 384 g/mol. The van der Waals surface area contributed by atoms with Gasteiger partial charge in [0.05, 0.1) is 5.56 Å². The summed E-state index contributed by atoms with van der Waals surface area (Å²) in [6, 6.07) is 9.93. The van der Waals surface area contributed by atoms with Crippen LogP contribution in [0.5, 0.6) is 0 Å². The average molecular weight is 384 g/mol. The summed E-state index contributed by atoms with van der Waals surface area (Å²) < 4.78 is 14.0. The van der Waals surface area contributed by atoms with Gasteiger partial charge in [0.15, 0.2) is 0 Å². The largest absolute Gasteiger partial charge is 0.341 e. The van der Waals surface area contributed by atoms with Crippen LogP contribution >= 0.6 is 22.6 Å². The number of nitrogens with zero attached hydrogens (tertiary/aromatic N) is 2. The molecule has 1 aromatic carbocycles. The molecule has 20 heavy (non-hydrogen) atoms. The van der Waals surface area contributed by atoms with Crippen molar-refractivity contribution in [1.29, 1.82) is 0 Å². The third-order valence-electron chi connectivity index (χ3n) is 2.94. The van der Waals surface area contributed by atoms with Crippen LogP contribution in [0.1, 0.15) is 16.1 Å². The Balaban J connectivity index is 2.03. The number of halogens is 2. The summed E-state index contributed by atoms with van der Waals surface area (Å²) in [5, 5.41) is 0. The van der Waals surface area contributed by atoms with Gasteiger partial charge >= 0.3 is 0 Å². The lowest BCUT2D eigenvalue weighted by Gasteiger charge is -2.17. The zero-order valence-electron chi connectivity index (χ0n) is 11.0. The van der Waals surface area contributed by atoms with Crippen molar-refractivity contribution in [2.45, 2.75) is 6.42 Å². The summed E-state index contributed by atoms with van der Waals surface area (Å²) in [4.78, 5) is 18.1. The summed E-state index contributed by atoms with van der Waals surface area (Å²) in [5.74, 6) is -0.572. The molecule has 0 saturated carbocycles. The minimum atomic E-state index is -0.396. The molecule has 104 valence electrons. The van der Waals surface area contributed by atoms with Crippen LogP contribution in [0.2, 0.25) is 0 Å². The molecule has 0 aliphatic carbocycles. The maximum absolute atomic E-state index is 13.2. The summed E-state index contributed by atoms with van der Waals surface area (Å²) >= 11 is 2.04. The molecule has 1 aromatic heterocycles. The molecule has 0 bridgehead atoms. The Kier molecular flexibility index (Phi) is 5.05. The zero-order chi connectivity index (χ0) is 14.5. The summed E-state index contributed by atoms with van der Waals surface area (Å²) in [6.07, 6.45) is 2.40. The van der Waals surface area contributed by atoms with E-state index in [1.54, 1.807) is 24.2 Å². The van der Waals surface area contributed by atoms with Gasteiger partial charge < -0.3 is 4.90 Å². The minimum Gasteiger partial charge on any atom is -0.341 e. The second-order valence-electron chi connectivity index (χ2n) is 4.42. The topological polar surface area (TPSA) is 33.2 Å². The van der Waals surface area contributed by atoms with Crippen molar-refractivity contribution in [2.75, 3.05) is 13.6 Å². The molecule has 0 N–H and O–H groups in total. The van der Waals surface area contributed by atoms with Crippen LogP contribution in [0.15, 0.2) is 42.6 Å². The molecule has 5 heteroatoms. The van der Waals surface area contributed by atoms with Crippen molar-refractivity contribution < 1.29 is 9.18 Å². The second-order valence-corrected chi connectivity index (χ2v) is 5.58. The zero-order valence-corrected chi connectivity index (χ0v) is 13.2. The number of rotatable bonds is 4. The Morgan fingerprint density at radius 1 is 1.35 bits per heavy atom.